The van der Waals surface area contributed by atoms with Crippen molar-refractivity contribution in [3.8, 4) is 28.7 Å². The molecule has 262 valence electrons. The molecule has 0 amide bonds. The van der Waals surface area contributed by atoms with Crippen molar-refractivity contribution in [1.29, 1.82) is 0 Å². The van der Waals surface area contributed by atoms with Gasteiger partial charge in [-0.25, -0.2) is 0 Å². The van der Waals surface area contributed by atoms with Crippen LogP contribution < -0.4 is 18.9 Å². The molecule has 3 aromatic rings. The first-order valence-electron chi connectivity index (χ1n) is 15.2. The van der Waals surface area contributed by atoms with Crippen molar-refractivity contribution < 1.29 is 78.1 Å². The molecule has 10 unspecified atom stereocenters. The van der Waals surface area contributed by atoms with E-state index in [2.05, 4.69) is 0 Å². The van der Waals surface area contributed by atoms with Crippen molar-refractivity contribution in [3.05, 3.63) is 63.3 Å². The van der Waals surface area contributed by atoms with Crippen molar-refractivity contribution in [2.24, 2.45) is 11.8 Å². The van der Waals surface area contributed by atoms with Crippen LogP contribution in [0.5, 0.6) is 28.7 Å². The first-order chi connectivity index (χ1) is 23.5. The molecule has 16 nitrogen and oxygen atoms in total. The van der Waals surface area contributed by atoms with E-state index in [-0.39, 0.29) is 58.8 Å². The number of benzene rings is 2. The first-order valence-corrected chi connectivity index (χ1v) is 16.1. The third-order valence-electron chi connectivity index (χ3n) is 9.65. The zero-order chi connectivity index (χ0) is 34.4. The highest BCUT2D eigenvalue weighted by atomic mass is 32.1. The molecule has 5 aliphatic rings. The largest absolute Gasteiger partial charge is 0.502 e. The van der Waals surface area contributed by atoms with Crippen LogP contribution in [0.15, 0.2) is 41.8 Å². The van der Waals surface area contributed by atoms with E-state index in [4.69, 9.17) is 42.6 Å². The Hall–Kier alpha value is -3.75. The summed E-state index contributed by atoms with van der Waals surface area (Å²) in [6, 6.07) is 9.01. The third-order valence-corrected chi connectivity index (χ3v) is 10.5. The molecule has 8 rings (SSSR count). The number of hydrogen-bond donors (Lipinski definition) is 6. The summed E-state index contributed by atoms with van der Waals surface area (Å²) in [5, 5.41) is 70.2. The lowest BCUT2D eigenvalue weighted by Gasteiger charge is -2.49. The van der Waals surface area contributed by atoms with E-state index in [9.17, 15) is 35.4 Å². The number of phenolic OH excluding ortho intramolecular Hbond substituents is 1. The van der Waals surface area contributed by atoms with E-state index in [0.717, 1.165) is 4.88 Å². The van der Waals surface area contributed by atoms with Crippen LogP contribution in [0.25, 0.3) is 0 Å². The molecule has 10 atom stereocenters. The molecule has 4 aliphatic heterocycles. The van der Waals surface area contributed by atoms with Gasteiger partial charge in [-0.3, -0.25) is 4.79 Å². The Morgan fingerprint density at radius 1 is 0.959 bits per heavy atom. The number of hydrogen-bond acceptors (Lipinski definition) is 17. The van der Waals surface area contributed by atoms with Crippen LogP contribution in [0, 0.1) is 11.8 Å². The van der Waals surface area contributed by atoms with Crippen LogP contribution in [-0.2, 0) is 34.1 Å². The molecule has 17 heteroatoms. The third kappa shape index (κ3) is 4.88. The van der Waals surface area contributed by atoms with Crippen molar-refractivity contribution in [1.82, 2.24) is 0 Å². The average Bonchev–Trinajstić information content (AvgIpc) is 3.84. The molecular formula is C32H32O16S. The topological polar surface area (TPSA) is 222 Å². The van der Waals surface area contributed by atoms with Gasteiger partial charge in [0.25, 0.3) is 0 Å². The van der Waals surface area contributed by atoms with Crippen LogP contribution in [0.1, 0.15) is 34.0 Å². The number of carbonyl (C=O) groups is 1. The summed E-state index contributed by atoms with van der Waals surface area (Å²) in [5.41, 5.74) is -2.39. The SMILES string of the molecule is COc1cc(C2(O)c3cc4c(cc3C(OC3OC5COC(c6cccs6)OC5C(O)C3O)C3C2C(=O)OC3(O)O)OCO4)cc(OC)c1O. The smallest absolute Gasteiger partial charge is 0.331 e. The minimum atomic E-state index is -3.22. The number of esters is 1. The summed E-state index contributed by atoms with van der Waals surface area (Å²) in [6.07, 6.45) is -9.16. The standard InChI is InChI=1S/C32H32O16S/c1-40-17-6-12(7-18(41-2)23(17)33)31(37)14-9-16-15(43-11-44-16)8-13(14)26(21-22(31)28(36)48-32(21,38)39)46-30-25(35)24(34)27-19(45-30)10-42-29(47-27)20-4-3-5-49-20/h3-9,19,21-22,24-27,29-30,33-35,37-39H,10-11H2,1-2H3. The monoisotopic (exact) mass is 704 g/mol. The maximum absolute atomic E-state index is 13.6. The highest BCUT2D eigenvalue weighted by Crippen LogP contribution is 2.61. The van der Waals surface area contributed by atoms with Gasteiger partial charge in [0.15, 0.2) is 35.6 Å². The molecule has 0 radical (unpaired) electrons. The molecule has 3 saturated heterocycles. The molecule has 1 aliphatic carbocycles. The second-order valence-electron chi connectivity index (χ2n) is 12.2. The number of thiophene rings is 1. The van der Waals surface area contributed by atoms with Crippen LogP contribution in [0.4, 0.5) is 0 Å². The average molecular weight is 705 g/mol. The van der Waals surface area contributed by atoms with Crippen molar-refractivity contribution in [3.63, 3.8) is 0 Å². The fourth-order valence-corrected chi connectivity index (χ4v) is 8.05. The number of aromatic hydroxyl groups is 1. The van der Waals surface area contributed by atoms with Gasteiger partial charge in [-0.2, -0.15) is 0 Å². The predicted molar refractivity (Wildman–Crippen MR) is 159 cm³/mol. The Kier molecular flexibility index (Phi) is 7.72. The molecule has 1 aromatic heterocycles. The number of aliphatic hydroxyl groups is 5. The fourth-order valence-electron chi connectivity index (χ4n) is 7.34. The van der Waals surface area contributed by atoms with Gasteiger partial charge in [-0.1, -0.05) is 6.07 Å². The van der Waals surface area contributed by atoms with Crippen LogP contribution in [0.3, 0.4) is 0 Å². The maximum atomic E-state index is 13.6. The van der Waals surface area contributed by atoms with E-state index in [1.165, 1.54) is 49.8 Å². The Labute approximate surface area is 281 Å². The van der Waals surface area contributed by atoms with Crippen LogP contribution in [-0.4, -0.2) is 101 Å². The predicted octanol–water partition coefficient (Wildman–Crippen LogP) is 0.495. The number of rotatable bonds is 6. The lowest BCUT2D eigenvalue weighted by Crippen LogP contribution is -2.63. The second kappa shape index (κ2) is 11.7. The number of methoxy groups -OCH3 is 2. The summed E-state index contributed by atoms with van der Waals surface area (Å²) in [4.78, 5) is 14.4. The Morgan fingerprint density at radius 2 is 1.67 bits per heavy atom. The highest BCUT2D eigenvalue weighted by molar-refractivity contribution is 7.10. The number of cyclic esters (lactones) is 1. The maximum Gasteiger partial charge on any atom is 0.331 e. The van der Waals surface area contributed by atoms with E-state index >= 15 is 0 Å². The minimum absolute atomic E-state index is 0.000655. The van der Waals surface area contributed by atoms with Gasteiger partial charge in [-0.05, 0) is 52.4 Å². The molecule has 0 spiro atoms. The van der Waals surface area contributed by atoms with Gasteiger partial charge >= 0.3 is 11.9 Å². The van der Waals surface area contributed by atoms with Gasteiger partial charge < -0.3 is 73.3 Å². The Bertz CT molecular complexity index is 1740. The van der Waals surface area contributed by atoms with Crippen LogP contribution in [0.2, 0.25) is 0 Å². The van der Waals surface area contributed by atoms with Crippen LogP contribution >= 0.6 is 11.3 Å². The van der Waals surface area contributed by atoms with E-state index < -0.39 is 72.5 Å². The van der Waals surface area contributed by atoms with Gasteiger partial charge in [-0.15, -0.1) is 11.3 Å². The summed E-state index contributed by atoms with van der Waals surface area (Å²) in [6.45, 7) is -0.216. The minimum Gasteiger partial charge on any atom is -0.502 e. The molecule has 0 bridgehead atoms. The van der Waals surface area contributed by atoms with E-state index in [1.54, 1.807) is 0 Å². The molecule has 2 aromatic carbocycles. The summed E-state index contributed by atoms with van der Waals surface area (Å²) >= 11 is 1.40. The quantitative estimate of drug-likeness (QED) is 0.152. The number of ether oxygens (including phenoxy) is 9. The molecule has 0 saturated carbocycles. The van der Waals surface area contributed by atoms with Crippen molar-refractivity contribution >= 4 is 17.3 Å². The Balaban J connectivity index is 1.22. The van der Waals surface area contributed by atoms with Gasteiger partial charge in [0.2, 0.25) is 12.5 Å². The first kappa shape index (κ1) is 32.5. The van der Waals surface area contributed by atoms with Gasteiger partial charge in [0.05, 0.1) is 31.8 Å². The zero-order valence-electron chi connectivity index (χ0n) is 25.8. The molecule has 49 heavy (non-hydrogen) atoms. The molecule has 6 N–H and O–H groups in total. The van der Waals surface area contributed by atoms with E-state index in [0.29, 0.717) is 0 Å². The highest BCUT2D eigenvalue weighted by Gasteiger charge is 2.70. The van der Waals surface area contributed by atoms with E-state index in [1.807, 2.05) is 17.5 Å². The van der Waals surface area contributed by atoms with Crippen molar-refractivity contribution in [2.75, 3.05) is 27.6 Å². The number of fused-ring (bicyclic) bond motifs is 4. The normalized spacial score (nSPS) is 35.6. The zero-order valence-corrected chi connectivity index (χ0v) is 26.6. The second-order valence-corrected chi connectivity index (χ2v) is 13.2. The number of phenols is 1. The summed E-state index contributed by atoms with van der Waals surface area (Å²) < 4.78 is 51.0. The lowest BCUT2D eigenvalue weighted by atomic mass is 9.62. The van der Waals surface area contributed by atoms with Gasteiger partial charge in [0, 0.05) is 0 Å². The molecule has 5 heterocycles. The van der Waals surface area contributed by atoms with Crippen molar-refractivity contribution in [2.45, 2.75) is 54.7 Å². The molecular weight excluding hydrogens is 672 g/mol. The Morgan fingerprint density at radius 3 is 2.35 bits per heavy atom. The summed E-state index contributed by atoms with van der Waals surface area (Å²) in [5.74, 6) is -8.21. The molecule has 3 fully saturated rings. The number of carbonyl (C=O) groups excluding carboxylic acids is 1. The number of aliphatic hydroxyl groups excluding tert-OH is 2. The fraction of sp³-hybridized carbons (Fsp3) is 0.469. The van der Waals surface area contributed by atoms with Gasteiger partial charge in [0.1, 0.15) is 41.9 Å². The summed E-state index contributed by atoms with van der Waals surface area (Å²) in [7, 11) is 2.55. The lowest BCUT2D eigenvalue weighted by molar-refractivity contribution is -0.384.